The van der Waals surface area contributed by atoms with Crippen molar-refractivity contribution in [3.05, 3.63) is 58.0 Å². The van der Waals surface area contributed by atoms with Crippen molar-refractivity contribution in [3.63, 3.8) is 0 Å². The van der Waals surface area contributed by atoms with Gasteiger partial charge in [-0.1, -0.05) is 24.3 Å². The molecule has 1 saturated heterocycles. The largest absolute Gasteiger partial charge is 0.506 e. The van der Waals surface area contributed by atoms with Crippen LogP contribution in [0.2, 0.25) is 0 Å². The van der Waals surface area contributed by atoms with E-state index in [9.17, 15) is 33.0 Å². The summed E-state index contributed by atoms with van der Waals surface area (Å²) in [6.07, 6.45) is 1.36. The fourth-order valence-electron chi connectivity index (χ4n) is 4.39. The number of aromatic hydroxyl groups is 2. The molecule has 1 amide bonds. The maximum absolute atomic E-state index is 13.4. The molecular weight excluding hydrogens is 480 g/mol. The van der Waals surface area contributed by atoms with Gasteiger partial charge in [-0.2, -0.15) is 8.42 Å². The van der Waals surface area contributed by atoms with Crippen molar-refractivity contribution in [1.29, 1.82) is 0 Å². The summed E-state index contributed by atoms with van der Waals surface area (Å²) in [5.41, 5.74) is 5.07. The van der Waals surface area contributed by atoms with Crippen LogP contribution in [0, 0.1) is 6.92 Å². The molecule has 5 N–H and O–H groups in total. The second-order valence-electron chi connectivity index (χ2n) is 8.42. The van der Waals surface area contributed by atoms with E-state index in [0.29, 0.717) is 25.8 Å². The van der Waals surface area contributed by atoms with Crippen molar-refractivity contribution in [2.24, 2.45) is 5.73 Å². The summed E-state index contributed by atoms with van der Waals surface area (Å²) in [4.78, 5) is 41.2. The fourth-order valence-corrected chi connectivity index (χ4v) is 4.39. The van der Waals surface area contributed by atoms with E-state index in [0.717, 1.165) is 0 Å². The highest BCUT2D eigenvalue weighted by Crippen LogP contribution is 2.45. The van der Waals surface area contributed by atoms with Crippen LogP contribution < -0.4 is 5.73 Å². The third-order valence-electron chi connectivity index (χ3n) is 5.86. The van der Waals surface area contributed by atoms with E-state index in [2.05, 4.69) is 0 Å². The Balaban J connectivity index is 0.000000527. The molecule has 2 aromatic carbocycles. The first-order chi connectivity index (χ1) is 16.3. The molecule has 35 heavy (non-hydrogen) atoms. The van der Waals surface area contributed by atoms with Crippen molar-refractivity contribution in [2.75, 3.05) is 19.3 Å². The molecule has 1 aromatic heterocycles. The Morgan fingerprint density at radius 1 is 1.06 bits per heavy atom. The summed E-state index contributed by atoms with van der Waals surface area (Å²) in [7, 11) is -3.67. The summed E-state index contributed by atoms with van der Waals surface area (Å²) in [5.74, 6) is -2.93. The van der Waals surface area contributed by atoms with Gasteiger partial charge in [0.2, 0.25) is 11.6 Å². The highest BCUT2D eigenvalue weighted by molar-refractivity contribution is 7.85. The standard InChI is InChI=1S/C22H18N2O6.CH4O3S/c1-9-13(22(29)24-7-6-10(23)8-24)16-19(27)14-15(20(28)21(16)30-9)18(26)12-5-3-2-4-11(12)17(14)25;1-5(2,3)4/h2-5,10,25-26H,6-8,23H2,1H3;1H3,(H,2,3,4)/t10-;/m1./s1. The first-order valence-corrected chi connectivity index (χ1v) is 12.3. The Labute approximate surface area is 199 Å². The molecule has 0 bridgehead atoms. The first-order valence-electron chi connectivity index (χ1n) is 10.5. The molecule has 2 aliphatic rings. The van der Waals surface area contributed by atoms with Gasteiger partial charge in [0.25, 0.3) is 16.0 Å². The Hall–Kier alpha value is -3.74. The van der Waals surface area contributed by atoms with E-state index in [1.54, 1.807) is 12.1 Å². The number of benzene rings is 2. The Kier molecular flexibility index (Phi) is 5.91. The van der Waals surface area contributed by atoms with E-state index in [1.807, 2.05) is 0 Å². The lowest BCUT2D eigenvalue weighted by Crippen LogP contribution is -2.33. The summed E-state index contributed by atoms with van der Waals surface area (Å²) in [6, 6.07) is 6.21. The summed E-state index contributed by atoms with van der Waals surface area (Å²) < 4.78 is 31.4. The van der Waals surface area contributed by atoms with Gasteiger partial charge in [0.05, 0.1) is 28.5 Å². The minimum Gasteiger partial charge on any atom is -0.506 e. The van der Waals surface area contributed by atoms with Gasteiger partial charge < -0.3 is 25.3 Å². The molecule has 0 spiro atoms. The highest BCUT2D eigenvalue weighted by Gasteiger charge is 2.43. The quantitative estimate of drug-likeness (QED) is 0.220. The summed E-state index contributed by atoms with van der Waals surface area (Å²) in [6.45, 7) is 2.28. The number of nitrogens with two attached hydrogens (primary N) is 1. The number of hydrogen-bond acceptors (Lipinski definition) is 9. The minimum absolute atomic E-state index is 0.00449. The van der Waals surface area contributed by atoms with E-state index in [-0.39, 0.29) is 50.6 Å². The number of nitrogens with zero attached hydrogens (tertiary/aromatic N) is 1. The van der Waals surface area contributed by atoms with Crippen LogP contribution in [0.5, 0.6) is 11.5 Å². The van der Waals surface area contributed by atoms with Crippen molar-refractivity contribution >= 4 is 38.4 Å². The Bertz CT molecular complexity index is 1510. The molecule has 12 heteroatoms. The van der Waals surface area contributed by atoms with Crippen molar-refractivity contribution in [2.45, 2.75) is 19.4 Å². The zero-order chi connectivity index (χ0) is 25.8. The number of furan rings is 1. The highest BCUT2D eigenvalue weighted by atomic mass is 32.2. The van der Waals surface area contributed by atoms with Crippen LogP contribution in [0.25, 0.3) is 10.8 Å². The smallest absolute Gasteiger partial charge is 0.261 e. The van der Waals surface area contributed by atoms with Crippen LogP contribution in [0.4, 0.5) is 0 Å². The number of amides is 1. The normalized spacial score (nSPS) is 17.1. The molecule has 0 unspecified atom stereocenters. The molecule has 2 heterocycles. The second kappa shape index (κ2) is 8.48. The fraction of sp³-hybridized carbons (Fsp3) is 0.261. The van der Waals surface area contributed by atoms with E-state index >= 15 is 0 Å². The van der Waals surface area contributed by atoms with Crippen LogP contribution in [0.15, 0.2) is 28.7 Å². The molecule has 1 fully saturated rings. The lowest BCUT2D eigenvalue weighted by atomic mass is 9.83. The van der Waals surface area contributed by atoms with Crippen LogP contribution in [-0.2, 0) is 10.1 Å². The zero-order valence-corrected chi connectivity index (χ0v) is 19.5. The minimum atomic E-state index is -3.67. The van der Waals surface area contributed by atoms with Crippen molar-refractivity contribution in [1.82, 2.24) is 4.90 Å². The average molecular weight is 503 g/mol. The van der Waals surface area contributed by atoms with Crippen LogP contribution in [0.1, 0.15) is 54.6 Å². The van der Waals surface area contributed by atoms with Crippen molar-refractivity contribution in [3.8, 4) is 11.5 Å². The number of phenolic OH excluding ortho intramolecular Hbond substituents is 2. The maximum Gasteiger partial charge on any atom is 0.261 e. The molecule has 1 aliphatic carbocycles. The van der Waals surface area contributed by atoms with Gasteiger partial charge in [0.1, 0.15) is 17.3 Å². The topological polar surface area (TPSA) is 188 Å². The molecule has 3 aromatic rings. The van der Waals surface area contributed by atoms with E-state index < -0.39 is 39.1 Å². The number of carbonyl (C=O) groups excluding carboxylic acids is 3. The molecule has 184 valence electrons. The predicted molar refractivity (Wildman–Crippen MR) is 124 cm³/mol. The summed E-state index contributed by atoms with van der Waals surface area (Å²) >= 11 is 0. The lowest BCUT2D eigenvalue weighted by molar-refractivity contribution is 0.0784. The van der Waals surface area contributed by atoms with Crippen molar-refractivity contribution < 1.29 is 42.0 Å². The third kappa shape index (κ3) is 4.16. The van der Waals surface area contributed by atoms with Gasteiger partial charge in [-0.15, -0.1) is 0 Å². The first kappa shape index (κ1) is 24.4. The molecule has 0 saturated carbocycles. The Morgan fingerprint density at radius 3 is 2.06 bits per heavy atom. The van der Waals surface area contributed by atoms with Crippen LogP contribution in [0.3, 0.4) is 0 Å². The number of fused-ring (bicyclic) bond motifs is 3. The Morgan fingerprint density at radius 2 is 1.57 bits per heavy atom. The molecule has 5 rings (SSSR count). The molecule has 0 radical (unpaired) electrons. The molecule has 11 nitrogen and oxygen atoms in total. The number of hydrogen-bond donors (Lipinski definition) is 4. The SMILES string of the molecule is CS(=O)(=O)O.Cc1oc2c(c1C(=O)N1CC[C@@H](N)C1)C(=O)c1c(c(O)c3ccccc3c1O)C2=O. The second-order valence-corrected chi connectivity index (χ2v) is 9.89. The van der Waals surface area contributed by atoms with Gasteiger partial charge in [0, 0.05) is 29.9 Å². The summed E-state index contributed by atoms with van der Waals surface area (Å²) in [5, 5.41) is 22.0. The lowest BCUT2D eigenvalue weighted by Gasteiger charge is -2.20. The molecule has 1 aliphatic heterocycles. The van der Waals surface area contributed by atoms with E-state index in [1.165, 1.54) is 24.0 Å². The number of carbonyl (C=O) groups is 3. The number of likely N-dealkylation sites (tertiary alicyclic amines) is 1. The van der Waals surface area contributed by atoms with Gasteiger partial charge in [-0.05, 0) is 13.3 Å². The van der Waals surface area contributed by atoms with Gasteiger partial charge in [-0.25, -0.2) is 0 Å². The van der Waals surface area contributed by atoms with Crippen LogP contribution >= 0.6 is 0 Å². The molecular formula is C23H22N2O9S. The maximum atomic E-state index is 13.4. The average Bonchev–Trinajstić information content (AvgIpc) is 3.36. The van der Waals surface area contributed by atoms with Gasteiger partial charge in [0.15, 0.2) is 5.76 Å². The van der Waals surface area contributed by atoms with Gasteiger partial charge >= 0.3 is 0 Å². The number of rotatable bonds is 1. The molecule has 1 atom stereocenters. The number of phenols is 2. The predicted octanol–water partition coefficient (Wildman–Crippen LogP) is 1.61. The zero-order valence-electron chi connectivity index (χ0n) is 18.7. The monoisotopic (exact) mass is 502 g/mol. The van der Waals surface area contributed by atoms with Crippen LogP contribution in [-0.4, -0.2) is 70.9 Å². The number of aryl methyl sites for hydroxylation is 1. The van der Waals surface area contributed by atoms with E-state index in [4.69, 9.17) is 14.7 Å². The number of ketones is 2. The third-order valence-corrected chi connectivity index (χ3v) is 5.86. The van der Waals surface area contributed by atoms with Gasteiger partial charge in [-0.3, -0.25) is 18.9 Å².